The second-order valence-electron chi connectivity index (χ2n) is 7.31. The van der Waals surface area contributed by atoms with Crippen molar-refractivity contribution in [3.8, 4) is 5.75 Å². The van der Waals surface area contributed by atoms with E-state index in [0.717, 1.165) is 10.1 Å². The van der Waals surface area contributed by atoms with Gasteiger partial charge < -0.3 is 10.1 Å². The summed E-state index contributed by atoms with van der Waals surface area (Å²) in [6.07, 6.45) is 1.38. The third kappa shape index (κ3) is 6.22. The van der Waals surface area contributed by atoms with E-state index < -0.39 is 17.8 Å². The average Bonchev–Trinajstić information content (AvgIpc) is 3.21. The molecule has 0 atom stereocenters. The van der Waals surface area contributed by atoms with Gasteiger partial charge in [0.15, 0.2) is 0 Å². The molecule has 11 heteroatoms. The van der Waals surface area contributed by atoms with Crippen LogP contribution in [0.2, 0.25) is 15.1 Å². The maximum atomic E-state index is 12.6. The van der Waals surface area contributed by atoms with E-state index in [-0.39, 0.29) is 22.9 Å². The van der Waals surface area contributed by atoms with E-state index in [0.29, 0.717) is 20.5 Å². The Labute approximate surface area is 224 Å². The Kier molecular flexibility index (Phi) is 8.22. The van der Waals surface area contributed by atoms with E-state index >= 15 is 0 Å². The monoisotopic (exact) mass is 559 g/mol. The van der Waals surface area contributed by atoms with Gasteiger partial charge in [0.05, 0.1) is 27.8 Å². The number of ether oxygens (including phenoxy) is 1. The molecule has 4 aromatic rings. The number of hydrazone groups is 1. The van der Waals surface area contributed by atoms with Crippen LogP contribution in [-0.2, 0) is 4.79 Å². The van der Waals surface area contributed by atoms with Crippen LogP contribution >= 0.6 is 46.1 Å². The second kappa shape index (κ2) is 11.5. The number of rotatable bonds is 7. The fourth-order valence-corrected chi connectivity index (χ4v) is 4.76. The third-order valence-corrected chi connectivity index (χ3v) is 7.18. The molecule has 0 aliphatic heterocycles. The molecule has 7 nitrogen and oxygen atoms in total. The molecule has 182 valence electrons. The molecule has 0 saturated heterocycles. The minimum Gasteiger partial charge on any atom is -0.422 e. The van der Waals surface area contributed by atoms with Crippen molar-refractivity contribution in [1.82, 2.24) is 10.7 Å². The van der Waals surface area contributed by atoms with Crippen molar-refractivity contribution < 1.29 is 19.1 Å². The zero-order valence-electron chi connectivity index (χ0n) is 18.3. The first kappa shape index (κ1) is 25.7. The molecule has 0 aliphatic rings. The van der Waals surface area contributed by atoms with Gasteiger partial charge in [-0.05, 0) is 42.0 Å². The minimum absolute atomic E-state index is 0.234. The molecule has 2 amide bonds. The van der Waals surface area contributed by atoms with Crippen LogP contribution in [0.25, 0.3) is 10.1 Å². The van der Waals surface area contributed by atoms with Gasteiger partial charge in [0.25, 0.3) is 11.8 Å². The lowest BCUT2D eigenvalue weighted by Crippen LogP contribution is -2.34. The van der Waals surface area contributed by atoms with Gasteiger partial charge in [-0.1, -0.05) is 65.1 Å². The van der Waals surface area contributed by atoms with E-state index in [1.807, 2.05) is 24.3 Å². The highest BCUT2D eigenvalue weighted by molar-refractivity contribution is 7.21. The molecule has 1 heterocycles. The largest absolute Gasteiger partial charge is 0.422 e. The normalized spacial score (nSPS) is 11.0. The summed E-state index contributed by atoms with van der Waals surface area (Å²) in [4.78, 5) is 37.1. The number of carbonyl (C=O) groups is 3. The first-order chi connectivity index (χ1) is 17.3. The highest BCUT2D eigenvalue weighted by Crippen LogP contribution is 2.35. The standard InChI is InChI=1S/C25H16Cl3N3O4S/c26-18-9-8-15(11-19(18)27)24(33)29-13-21(32)31-30-12-14-4-3-5-16(10-14)35-25(34)23-22(28)17-6-1-2-7-20(17)36-23/h1-12H,13H2,(H,29,33)(H,31,32). The van der Waals surface area contributed by atoms with Crippen LogP contribution in [0.3, 0.4) is 0 Å². The van der Waals surface area contributed by atoms with Crippen LogP contribution in [0.1, 0.15) is 25.6 Å². The van der Waals surface area contributed by atoms with Crippen LogP contribution in [0.5, 0.6) is 5.75 Å². The predicted octanol–water partition coefficient (Wildman–Crippen LogP) is 5.96. The average molecular weight is 561 g/mol. The molecule has 36 heavy (non-hydrogen) atoms. The lowest BCUT2D eigenvalue weighted by molar-refractivity contribution is -0.120. The summed E-state index contributed by atoms with van der Waals surface area (Å²) in [5, 5.41) is 8.03. The molecule has 3 aromatic carbocycles. The molecule has 0 spiro atoms. The molecule has 4 rings (SSSR count). The summed E-state index contributed by atoms with van der Waals surface area (Å²) in [7, 11) is 0. The Balaban J connectivity index is 1.31. The molecule has 0 radical (unpaired) electrons. The van der Waals surface area contributed by atoms with Gasteiger partial charge in [0.1, 0.15) is 10.6 Å². The van der Waals surface area contributed by atoms with Gasteiger partial charge >= 0.3 is 5.97 Å². The highest BCUT2D eigenvalue weighted by atomic mass is 35.5. The Bertz CT molecular complexity index is 1500. The summed E-state index contributed by atoms with van der Waals surface area (Å²) < 4.78 is 6.36. The molecular weight excluding hydrogens is 545 g/mol. The van der Waals surface area contributed by atoms with Crippen LogP contribution in [0.4, 0.5) is 0 Å². The molecule has 1 aromatic heterocycles. The molecule has 0 aliphatic carbocycles. The number of halogens is 3. The van der Waals surface area contributed by atoms with Gasteiger partial charge in [-0.25, -0.2) is 10.2 Å². The number of nitrogens with zero attached hydrogens (tertiary/aromatic N) is 1. The van der Waals surface area contributed by atoms with Gasteiger partial charge in [0, 0.05) is 15.6 Å². The number of benzene rings is 3. The van der Waals surface area contributed by atoms with Crippen molar-refractivity contribution in [2.24, 2.45) is 5.10 Å². The second-order valence-corrected chi connectivity index (χ2v) is 9.55. The minimum atomic E-state index is -0.568. The molecule has 0 saturated carbocycles. The van der Waals surface area contributed by atoms with Crippen LogP contribution in [0, 0.1) is 0 Å². The van der Waals surface area contributed by atoms with Crippen LogP contribution in [-0.4, -0.2) is 30.5 Å². The molecule has 0 fully saturated rings. The van der Waals surface area contributed by atoms with Crippen molar-refractivity contribution in [2.75, 3.05) is 6.54 Å². The van der Waals surface area contributed by atoms with Crippen LogP contribution in [0.15, 0.2) is 71.8 Å². The van der Waals surface area contributed by atoms with Gasteiger partial charge in [-0.15, -0.1) is 11.3 Å². The Hall–Kier alpha value is -3.43. The van der Waals surface area contributed by atoms with Crippen LogP contribution < -0.4 is 15.5 Å². The number of hydrogen-bond acceptors (Lipinski definition) is 6. The van der Waals surface area contributed by atoms with Crippen molar-refractivity contribution in [1.29, 1.82) is 0 Å². The lowest BCUT2D eigenvalue weighted by atomic mass is 10.2. The van der Waals surface area contributed by atoms with Gasteiger partial charge in [-0.3, -0.25) is 9.59 Å². The summed E-state index contributed by atoms with van der Waals surface area (Å²) in [6.45, 7) is -0.302. The van der Waals surface area contributed by atoms with E-state index in [2.05, 4.69) is 15.8 Å². The number of fused-ring (bicyclic) bond motifs is 1. The summed E-state index contributed by atoms with van der Waals surface area (Å²) in [5.74, 6) is -1.30. The topological polar surface area (TPSA) is 96.9 Å². The van der Waals surface area contributed by atoms with E-state index in [1.165, 1.54) is 35.8 Å². The fraction of sp³-hybridized carbons (Fsp3) is 0.0400. The van der Waals surface area contributed by atoms with Crippen molar-refractivity contribution in [2.45, 2.75) is 0 Å². The number of nitrogens with one attached hydrogen (secondary N) is 2. The summed E-state index contributed by atoms with van der Waals surface area (Å²) in [6, 6.07) is 18.4. The molecule has 0 unspecified atom stereocenters. The van der Waals surface area contributed by atoms with Crippen molar-refractivity contribution >= 4 is 80.2 Å². The lowest BCUT2D eigenvalue weighted by Gasteiger charge is -2.05. The SMILES string of the molecule is O=C(CNC(=O)c1ccc(Cl)c(Cl)c1)NN=Cc1cccc(OC(=O)c2sc3ccccc3c2Cl)c1. The smallest absolute Gasteiger partial charge is 0.355 e. The van der Waals surface area contributed by atoms with Crippen molar-refractivity contribution in [3.63, 3.8) is 0 Å². The zero-order valence-corrected chi connectivity index (χ0v) is 21.3. The number of amides is 2. The number of hydrogen-bond donors (Lipinski definition) is 2. The van der Waals surface area contributed by atoms with E-state index in [4.69, 9.17) is 39.5 Å². The molecule has 0 bridgehead atoms. The highest BCUT2D eigenvalue weighted by Gasteiger charge is 2.19. The van der Waals surface area contributed by atoms with E-state index in [1.54, 1.807) is 24.3 Å². The molecular formula is C25H16Cl3N3O4S. The summed E-state index contributed by atoms with van der Waals surface area (Å²) in [5.41, 5.74) is 3.15. The number of thiophene rings is 1. The first-order valence-electron chi connectivity index (χ1n) is 10.4. The van der Waals surface area contributed by atoms with E-state index in [9.17, 15) is 14.4 Å². The van der Waals surface area contributed by atoms with Gasteiger partial charge in [0.2, 0.25) is 0 Å². The Morgan fingerprint density at radius 2 is 1.75 bits per heavy atom. The Morgan fingerprint density at radius 1 is 0.944 bits per heavy atom. The third-order valence-electron chi connectivity index (χ3n) is 4.78. The first-order valence-corrected chi connectivity index (χ1v) is 12.3. The maximum Gasteiger partial charge on any atom is 0.355 e. The zero-order chi connectivity index (χ0) is 25.7. The summed E-state index contributed by atoms with van der Waals surface area (Å²) >= 11 is 19.3. The number of carbonyl (C=O) groups excluding carboxylic acids is 3. The molecule has 2 N–H and O–H groups in total. The maximum absolute atomic E-state index is 12.6. The quantitative estimate of drug-likeness (QED) is 0.126. The fourth-order valence-electron chi connectivity index (χ4n) is 3.08. The Morgan fingerprint density at radius 3 is 2.53 bits per heavy atom. The number of esters is 1. The van der Waals surface area contributed by atoms with Crippen molar-refractivity contribution in [3.05, 3.63) is 97.8 Å². The predicted molar refractivity (Wildman–Crippen MR) is 143 cm³/mol. The van der Waals surface area contributed by atoms with Gasteiger partial charge in [-0.2, -0.15) is 5.10 Å².